The topological polar surface area (TPSA) is 65.0 Å². The van der Waals surface area contributed by atoms with Gasteiger partial charge in [0.05, 0.1) is 54.1 Å². The molecule has 0 unspecified atom stereocenters. The first kappa shape index (κ1) is 26.2. The lowest BCUT2D eigenvalue weighted by Crippen LogP contribution is -2.40. The van der Waals surface area contributed by atoms with Gasteiger partial charge in [-0.15, -0.1) is 0 Å². The number of aromatic nitrogens is 2. The molecule has 4 aromatic heterocycles. The number of anilines is 6. The average molecular weight is 615 g/mol. The minimum Gasteiger partial charge on any atom is -0.435 e. The smallest absolute Gasteiger partial charge is 0.227 e. The Morgan fingerprint density at radius 1 is 0.468 bits per heavy atom. The molecule has 0 N–H and O–H groups in total. The molecule has 8 heteroatoms. The van der Waals surface area contributed by atoms with Crippen LogP contribution in [0.3, 0.4) is 0 Å². The molecular weight excluding hydrogens is 584 g/mol. The van der Waals surface area contributed by atoms with Gasteiger partial charge >= 0.3 is 0 Å². The van der Waals surface area contributed by atoms with Crippen molar-refractivity contribution < 1.29 is 8.83 Å². The number of fused-ring (bicyclic) bond motifs is 8. The molecule has 0 atom stereocenters. The number of hydrogen-bond donors (Lipinski definition) is 0. The maximum Gasteiger partial charge on any atom is 0.227 e. The van der Waals surface area contributed by atoms with Gasteiger partial charge < -0.3 is 28.4 Å². The standard InChI is InChI=1S/C39H30N6O2/c1-24-17-19-28-26-9-7-15-34(36(26)46-38(28)40-24)44-22-42(30-11-3-5-13-32(30)44)21-43-23-45(33-14-6-4-12-31(33)43)35-16-8-10-27-29-20-18-25(2)41-39(29)47-37(27)35/h3-20H,21-23H2,1-2H3. The molecule has 4 aromatic carbocycles. The summed E-state index contributed by atoms with van der Waals surface area (Å²) in [5.74, 6) is 0. The summed E-state index contributed by atoms with van der Waals surface area (Å²) in [5, 5.41) is 4.23. The first-order valence-electron chi connectivity index (χ1n) is 15.9. The van der Waals surface area contributed by atoms with Gasteiger partial charge in [-0.1, -0.05) is 48.5 Å². The quantitative estimate of drug-likeness (QED) is 0.194. The summed E-state index contributed by atoms with van der Waals surface area (Å²) in [5.41, 5.74) is 11.7. The van der Waals surface area contributed by atoms with Crippen LogP contribution in [0.4, 0.5) is 34.1 Å². The van der Waals surface area contributed by atoms with E-state index in [2.05, 4.69) is 127 Å². The highest BCUT2D eigenvalue weighted by atomic mass is 16.3. The van der Waals surface area contributed by atoms with Crippen LogP contribution in [0.1, 0.15) is 11.4 Å². The van der Waals surface area contributed by atoms with Crippen LogP contribution in [0, 0.1) is 13.8 Å². The average Bonchev–Trinajstić information content (AvgIpc) is 3.85. The van der Waals surface area contributed by atoms with E-state index in [1.807, 2.05) is 26.0 Å². The van der Waals surface area contributed by atoms with E-state index < -0.39 is 0 Å². The molecular formula is C39H30N6O2. The van der Waals surface area contributed by atoms with Crippen molar-refractivity contribution in [3.8, 4) is 0 Å². The van der Waals surface area contributed by atoms with E-state index in [1.165, 1.54) is 11.4 Å². The second-order valence-electron chi connectivity index (χ2n) is 12.5. The van der Waals surface area contributed by atoms with Crippen molar-refractivity contribution in [1.29, 1.82) is 0 Å². The van der Waals surface area contributed by atoms with E-state index in [0.717, 1.165) is 66.8 Å². The lowest BCUT2D eigenvalue weighted by Gasteiger charge is -2.29. The lowest BCUT2D eigenvalue weighted by atomic mass is 10.1. The Hall–Kier alpha value is -6.02. The van der Waals surface area contributed by atoms with Gasteiger partial charge in [-0.2, -0.15) is 0 Å². The Bertz CT molecular complexity index is 2360. The van der Waals surface area contributed by atoms with Gasteiger partial charge in [-0.3, -0.25) is 0 Å². The maximum atomic E-state index is 6.43. The monoisotopic (exact) mass is 614 g/mol. The number of para-hydroxylation sites is 6. The maximum absolute atomic E-state index is 6.43. The Morgan fingerprint density at radius 3 is 1.36 bits per heavy atom. The van der Waals surface area contributed by atoms with Crippen LogP contribution in [-0.2, 0) is 0 Å². The van der Waals surface area contributed by atoms with Crippen LogP contribution < -0.4 is 19.6 Å². The largest absolute Gasteiger partial charge is 0.435 e. The fourth-order valence-electron chi connectivity index (χ4n) is 7.36. The fourth-order valence-corrected chi connectivity index (χ4v) is 7.36. The minimum atomic E-state index is 0.677. The zero-order chi connectivity index (χ0) is 31.2. The molecule has 0 amide bonds. The summed E-state index contributed by atoms with van der Waals surface area (Å²) in [6.45, 7) is 6.06. The molecule has 2 aliphatic heterocycles. The SMILES string of the molecule is Cc1ccc2c(n1)oc1c(N3CN(CN4CN(c5cccc6c5oc5nc(C)ccc56)c5ccccc54)c4ccccc43)cccc12. The number of benzene rings is 4. The fraction of sp³-hybridized carbons (Fsp3) is 0.128. The highest BCUT2D eigenvalue weighted by Crippen LogP contribution is 2.47. The summed E-state index contributed by atoms with van der Waals surface area (Å²) in [4.78, 5) is 19.0. The number of aryl methyl sites for hydroxylation is 2. The predicted octanol–water partition coefficient (Wildman–Crippen LogP) is 9.38. The van der Waals surface area contributed by atoms with Crippen molar-refractivity contribution >= 4 is 78.3 Å². The van der Waals surface area contributed by atoms with Crippen LogP contribution in [0.2, 0.25) is 0 Å². The Kier molecular flexibility index (Phi) is 5.43. The summed E-state index contributed by atoms with van der Waals surface area (Å²) in [6.07, 6.45) is 0. The number of furan rings is 2. The van der Waals surface area contributed by atoms with Crippen LogP contribution >= 0.6 is 0 Å². The number of hydrogen-bond acceptors (Lipinski definition) is 8. The van der Waals surface area contributed by atoms with Crippen molar-refractivity contribution in [3.05, 3.63) is 121 Å². The molecule has 0 spiro atoms. The third-order valence-electron chi connectivity index (χ3n) is 9.54. The van der Waals surface area contributed by atoms with Crippen molar-refractivity contribution in [2.45, 2.75) is 13.8 Å². The first-order chi connectivity index (χ1) is 23.1. The zero-order valence-electron chi connectivity index (χ0n) is 26.0. The van der Waals surface area contributed by atoms with E-state index in [4.69, 9.17) is 8.83 Å². The van der Waals surface area contributed by atoms with Gasteiger partial charge in [0, 0.05) is 32.9 Å². The molecule has 0 bridgehead atoms. The first-order valence-corrected chi connectivity index (χ1v) is 15.9. The lowest BCUT2D eigenvalue weighted by molar-refractivity contribution is 0.651. The van der Waals surface area contributed by atoms with Crippen molar-refractivity contribution in [2.75, 3.05) is 39.6 Å². The van der Waals surface area contributed by atoms with E-state index in [0.29, 0.717) is 31.4 Å². The van der Waals surface area contributed by atoms with Crippen LogP contribution in [0.25, 0.3) is 44.1 Å². The third kappa shape index (κ3) is 3.88. The van der Waals surface area contributed by atoms with E-state index in [9.17, 15) is 0 Å². The molecule has 0 fully saturated rings. The molecule has 0 saturated heterocycles. The van der Waals surface area contributed by atoms with Gasteiger partial charge in [0.2, 0.25) is 11.4 Å². The molecule has 47 heavy (non-hydrogen) atoms. The normalized spacial score (nSPS) is 14.3. The van der Waals surface area contributed by atoms with E-state index in [1.54, 1.807) is 0 Å². The second kappa shape index (κ2) is 9.74. The second-order valence-corrected chi connectivity index (χ2v) is 12.5. The summed E-state index contributed by atoms with van der Waals surface area (Å²) < 4.78 is 12.9. The van der Waals surface area contributed by atoms with E-state index in [-0.39, 0.29) is 0 Å². The molecule has 10 rings (SSSR count). The molecule has 8 nitrogen and oxygen atoms in total. The highest BCUT2D eigenvalue weighted by Gasteiger charge is 2.34. The number of rotatable bonds is 4. The van der Waals surface area contributed by atoms with Crippen molar-refractivity contribution in [2.24, 2.45) is 0 Å². The molecule has 2 aliphatic rings. The Morgan fingerprint density at radius 2 is 0.894 bits per heavy atom. The molecule has 0 radical (unpaired) electrons. The van der Waals surface area contributed by atoms with Crippen molar-refractivity contribution in [1.82, 2.24) is 9.97 Å². The summed E-state index contributed by atoms with van der Waals surface area (Å²) >= 11 is 0. The number of pyridine rings is 2. The molecule has 0 aliphatic carbocycles. The van der Waals surface area contributed by atoms with E-state index >= 15 is 0 Å². The summed E-state index contributed by atoms with van der Waals surface area (Å²) in [6, 6.07) is 38.3. The molecule has 0 saturated carbocycles. The van der Waals surface area contributed by atoms with Crippen LogP contribution in [0.5, 0.6) is 0 Å². The van der Waals surface area contributed by atoms with Crippen molar-refractivity contribution in [3.63, 3.8) is 0 Å². The molecule has 6 heterocycles. The Balaban J connectivity index is 1.02. The van der Waals surface area contributed by atoms with Gasteiger partial charge in [-0.05, 0) is 74.5 Å². The van der Waals surface area contributed by atoms with Gasteiger partial charge in [0.25, 0.3) is 0 Å². The predicted molar refractivity (Wildman–Crippen MR) is 189 cm³/mol. The molecule has 8 aromatic rings. The minimum absolute atomic E-state index is 0.677. The Labute approximate surface area is 270 Å². The van der Waals surface area contributed by atoms with Crippen LogP contribution in [0.15, 0.2) is 118 Å². The highest BCUT2D eigenvalue weighted by molar-refractivity contribution is 6.10. The van der Waals surface area contributed by atoms with Crippen LogP contribution in [-0.4, -0.2) is 30.0 Å². The van der Waals surface area contributed by atoms with Gasteiger partial charge in [0.1, 0.15) is 0 Å². The molecule has 228 valence electrons. The zero-order valence-corrected chi connectivity index (χ0v) is 26.0. The number of nitrogens with zero attached hydrogens (tertiary/aromatic N) is 6. The summed E-state index contributed by atoms with van der Waals surface area (Å²) in [7, 11) is 0. The van der Waals surface area contributed by atoms with Gasteiger partial charge in [0.15, 0.2) is 11.2 Å². The third-order valence-corrected chi connectivity index (χ3v) is 9.54. The van der Waals surface area contributed by atoms with Gasteiger partial charge in [-0.25, -0.2) is 9.97 Å².